The zero-order valence-electron chi connectivity index (χ0n) is 19.1. The van der Waals surface area contributed by atoms with Gasteiger partial charge in [-0.05, 0) is 47.0 Å². The Balaban J connectivity index is 1.87. The quantitative estimate of drug-likeness (QED) is 0.472. The van der Waals surface area contributed by atoms with Crippen molar-refractivity contribution in [2.24, 2.45) is 5.92 Å². The van der Waals surface area contributed by atoms with E-state index in [0.29, 0.717) is 18.0 Å². The minimum atomic E-state index is -0.462. The molecule has 0 aliphatic carbocycles. The number of carbonyl (C=O) groups is 2. The summed E-state index contributed by atoms with van der Waals surface area (Å²) in [6.07, 6.45) is 0.849. The average Bonchev–Trinajstić information content (AvgIpc) is 3.34. The summed E-state index contributed by atoms with van der Waals surface area (Å²) in [5.41, 5.74) is 3.52. The molecule has 5 heteroatoms. The zero-order chi connectivity index (χ0) is 22.8. The van der Waals surface area contributed by atoms with Crippen LogP contribution in [0.4, 0.5) is 5.69 Å². The molecule has 0 unspecified atom stereocenters. The van der Waals surface area contributed by atoms with Gasteiger partial charge in [-0.3, -0.25) is 9.59 Å². The van der Waals surface area contributed by atoms with Crippen LogP contribution in [0.5, 0.6) is 0 Å². The molecule has 2 aromatic carbocycles. The topological polar surface area (TPSA) is 40.6 Å². The molecule has 0 N–H and O–H groups in total. The van der Waals surface area contributed by atoms with Crippen LogP contribution < -0.4 is 4.90 Å². The summed E-state index contributed by atoms with van der Waals surface area (Å²) in [6.45, 7) is 6.93. The summed E-state index contributed by atoms with van der Waals surface area (Å²) in [5.74, 6) is -0.149. The van der Waals surface area contributed by atoms with Gasteiger partial charge in [0.1, 0.15) is 0 Å². The molecule has 0 radical (unpaired) electrons. The number of hydrogen-bond donors (Lipinski definition) is 0. The summed E-state index contributed by atoms with van der Waals surface area (Å²) in [7, 11) is 1.86. The lowest BCUT2D eigenvalue weighted by atomic mass is 9.80. The standard InChI is InChI=1S/C27H30N2O2S/c1-5-19-11-6-9-14-22(19)28(4)27(31)24-20-12-7-8-13-21(20)26(30)29(17-18(2)3)25(24)23-15-10-16-32-23/h6-16,18,24-25H,5,17H2,1-4H3/t24-,25-/m0/s1. The molecule has 166 valence electrons. The third-order valence-electron chi connectivity index (χ3n) is 6.17. The van der Waals surface area contributed by atoms with Crippen LogP contribution in [0.1, 0.15) is 59.1 Å². The molecule has 0 spiro atoms. The minimum absolute atomic E-state index is 0.00774. The zero-order valence-corrected chi connectivity index (χ0v) is 19.9. The molecule has 4 nitrogen and oxygen atoms in total. The molecule has 1 aromatic heterocycles. The van der Waals surface area contributed by atoms with E-state index in [1.54, 1.807) is 16.2 Å². The highest BCUT2D eigenvalue weighted by Gasteiger charge is 2.45. The molecule has 0 fully saturated rings. The van der Waals surface area contributed by atoms with Gasteiger partial charge in [0, 0.05) is 29.7 Å². The highest BCUT2D eigenvalue weighted by Crippen LogP contribution is 2.45. The summed E-state index contributed by atoms with van der Waals surface area (Å²) in [5, 5.41) is 2.02. The molecule has 1 aliphatic heterocycles. The van der Waals surface area contributed by atoms with Crippen molar-refractivity contribution in [1.29, 1.82) is 0 Å². The number of anilines is 1. The first-order valence-electron chi connectivity index (χ1n) is 11.2. The van der Waals surface area contributed by atoms with Crippen molar-refractivity contribution in [3.05, 3.63) is 87.6 Å². The molecule has 2 heterocycles. The van der Waals surface area contributed by atoms with Gasteiger partial charge in [-0.1, -0.05) is 63.2 Å². The van der Waals surface area contributed by atoms with E-state index in [2.05, 4.69) is 26.8 Å². The number of carbonyl (C=O) groups excluding carboxylic acids is 2. The van der Waals surface area contributed by atoms with E-state index in [9.17, 15) is 9.59 Å². The van der Waals surface area contributed by atoms with Gasteiger partial charge in [-0.25, -0.2) is 0 Å². The van der Waals surface area contributed by atoms with Crippen LogP contribution in [0.15, 0.2) is 66.0 Å². The van der Waals surface area contributed by atoms with Crippen molar-refractivity contribution >= 4 is 28.8 Å². The Labute approximate surface area is 194 Å². The molecule has 3 aromatic rings. The number of nitrogens with zero attached hydrogens (tertiary/aromatic N) is 2. The van der Waals surface area contributed by atoms with E-state index < -0.39 is 5.92 Å². The number of rotatable bonds is 6. The summed E-state index contributed by atoms with van der Waals surface area (Å²) in [4.78, 5) is 32.5. The molecule has 2 amide bonds. The predicted octanol–water partition coefficient (Wildman–Crippen LogP) is 5.91. The highest BCUT2D eigenvalue weighted by atomic mass is 32.1. The molecule has 0 bridgehead atoms. The third kappa shape index (κ3) is 3.97. The maximum absolute atomic E-state index is 14.2. The molecule has 4 rings (SSSR count). The molecule has 2 atom stereocenters. The Morgan fingerprint density at radius 1 is 1.06 bits per heavy atom. The molecular weight excluding hydrogens is 416 g/mol. The smallest absolute Gasteiger partial charge is 0.254 e. The second-order valence-electron chi connectivity index (χ2n) is 8.76. The first-order valence-corrected chi connectivity index (χ1v) is 12.1. The number of hydrogen-bond acceptors (Lipinski definition) is 3. The number of benzene rings is 2. The maximum atomic E-state index is 14.2. The Morgan fingerprint density at radius 2 is 1.78 bits per heavy atom. The number of aryl methyl sites for hydroxylation is 1. The van der Waals surface area contributed by atoms with Gasteiger partial charge in [-0.2, -0.15) is 0 Å². The van der Waals surface area contributed by atoms with Crippen molar-refractivity contribution in [3.63, 3.8) is 0 Å². The first kappa shape index (κ1) is 22.3. The third-order valence-corrected chi connectivity index (χ3v) is 7.11. The lowest BCUT2D eigenvalue weighted by Crippen LogP contribution is -2.48. The van der Waals surface area contributed by atoms with E-state index in [1.165, 1.54) is 0 Å². The lowest BCUT2D eigenvalue weighted by molar-refractivity contribution is -0.121. The van der Waals surface area contributed by atoms with Crippen molar-refractivity contribution in [1.82, 2.24) is 4.90 Å². The molecule has 1 aliphatic rings. The first-order chi connectivity index (χ1) is 15.4. The predicted molar refractivity (Wildman–Crippen MR) is 131 cm³/mol. The number of likely N-dealkylation sites (N-methyl/N-ethyl adjacent to an activating group) is 1. The van der Waals surface area contributed by atoms with E-state index in [4.69, 9.17) is 0 Å². The van der Waals surface area contributed by atoms with Crippen molar-refractivity contribution in [2.45, 2.75) is 39.2 Å². The largest absolute Gasteiger partial charge is 0.329 e. The average molecular weight is 447 g/mol. The maximum Gasteiger partial charge on any atom is 0.254 e. The van der Waals surface area contributed by atoms with Crippen LogP contribution in [0, 0.1) is 5.92 Å². The van der Waals surface area contributed by atoms with Gasteiger partial charge in [0.15, 0.2) is 0 Å². The second kappa shape index (κ2) is 9.29. The molecule has 0 saturated carbocycles. The van der Waals surface area contributed by atoms with Gasteiger partial charge in [0.2, 0.25) is 5.91 Å². The summed E-state index contributed by atoms with van der Waals surface area (Å²) >= 11 is 1.61. The molecule has 32 heavy (non-hydrogen) atoms. The van der Waals surface area contributed by atoms with E-state index in [1.807, 2.05) is 71.9 Å². The minimum Gasteiger partial charge on any atom is -0.329 e. The van der Waals surface area contributed by atoms with Crippen molar-refractivity contribution in [3.8, 4) is 0 Å². The Morgan fingerprint density at radius 3 is 2.47 bits per heavy atom. The fraction of sp³-hybridized carbons (Fsp3) is 0.333. The number of amides is 2. The van der Waals surface area contributed by atoms with Gasteiger partial charge in [-0.15, -0.1) is 11.3 Å². The van der Waals surface area contributed by atoms with Crippen LogP contribution in [0.25, 0.3) is 0 Å². The molecular formula is C27H30N2O2S. The number of para-hydroxylation sites is 1. The number of fused-ring (bicyclic) bond motifs is 1. The SMILES string of the molecule is CCc1ccccc1N(C)C(=O)[C@H]1c2ccccc2C(=O)N(CC(C)C)[C@H]1c1cccs1. The van der Waals surface area contributed by atoms with E-state index in [-0.39, 0.29) is 17.9 Å². The molecule has 0 saturated heterocycles. The Bertz CT molecular complexity index is 1110. The van der Waals surface area contributed by atoms with Gasteiger partial charge < -0.3 is 9.80 Å². The summed E-state index contributed by atoms with van der Waals surface area (Å²) in [6, 6.07) is 19.4. The van der Waals surface area contributed by atoms with E-state index >= 15 is 0 Å². The monoisotopic (exact) mass is 446 g/mol. The summed E-state index contributed by atoms with van der Waals surface area (Å²) < 4.78 is 0. The van der Waals surface area contributed by atoms with Crippen LogP contribution in [0.2, 0.25) is 0 Å². The van der Waals surface area contributed by atoms with Crippen molar-refractivity contribution in [2.75, 3.05) is 18.5 Å². The van der Waals surface area contributed by atoms with Crippen LogP contribution in [-0.4, -0.2) is 30.3 Å². The van der Waals surface area contributed by atoms with Gasteiger partial charge >= 0.3 is 0 Å². The van der Waals surface area contributed by atoms with E-state index in [0.717, 1.165) is 28.1 Å². The highest BCUT2D eigenvalue weighted by molar-refractivity contribution is 7.10. The van der Waals surface area contributed by atoms with Gasteiger partial charge in [0.05, 0.1) is 12.0 Å². The Kier molecular flexibility index (Phi) is 6.47. The van der Waals surface area contributed by atoms with Crippen LogP contribution in [-0.2, 0) is 11.2 Å². The second-order valence-corrected chi connectivity index (χ2v) is 9.74. The normalized spacial score (nSPS) is 18.0. The number of thiophene rings is 1. The van der Waals surface area contributed by atoms with Gasteiger partial charge in [0.25, 0.3) is 5.91 Å². The van der Waals surface area contributed by atoms with Crippen LogP contribution >= 0.6 is 11.3 Å². The fourth-order valence-corrected chi connectivity index (χ4v) is 5.57. The fourth-order valence-electron chi connectivity index (χ4n) is 4.69. The van der Waals surface area contributed by atoms with Crippen LogP contribution in [0.3, 0.4) is 0 Å². The van der Waals surface area contributed by atoms with Crippen molar-refractivity contribution < 1.29 is 9.59 Å². The Hall–Kier alpha value is -2.92. The lowest BCUT2D eigenvalue weighted by Gasteiger charge is -2.43.